The summed E-state index contributed by atoms with van der Waals surface area (Å²) in [6, 6.07) is 3.74. The molecule has 0 spiro atoms. The molecule has 6 nitrogen and oxygen atoms in total. The first-order valence-electron chi connectivity index (χ1n) is 9.08. The molecule has 1 amide bonds. The molecule has 2 aliphatic heterocycles. The molecule has 26 heavy (non-hydrogen) atoms. The summed E-state index contributed by atoms with van der Waals surface area (Å²) in [7, 11) is -3.49. The maximum absolute atomic E-state index is 12.7. The number of amides is 1. The molecule has 2 fully saturated rings. The summed E-state index contributed by atoms with van der Waals surface area (Å²) in [5.41, 5.74) is 0. The lowest BCUT2D eigenvalue weighted by Crippen LogP contribution is -2.54. The molecule has 0 aliphatic carbocycles. The Labute approximate surface area is 164 Å². The molecule has 0 aromatic carbocycles. The number of rotatable bonds is 4. The maximum Gasteiger partial charge on any atom is 0.252 e. The summed E-state index contributed by atoms with van der Waals surface area (Å²) in [6.07, 6.45) is 3.30. The molecule has 1 aromatic heterocycles. The summed E-state index contributed by atoms with van der Waals surface area (Å²) in [6.45, 7) is 6.54. The van der Waals surface area contributed by atoms with Gasteiger partial charge in [-0.05, 0) is 45.2 Å². The Morgan fingerprint density at radius 3 is 2.31 bits per heavy atom. The van der Waals surface area contributed by atoms with Crippen LogP contribution in [0.5, 0.6) is 0 Å². The number of nitrogens with zero attached hydrogens (tertiary/aromatic N) is 3. The number of halogens is 1. The van der Waals surface area contributed by atoms with Crippen LogP contribution >= 0.6 is 22.9 Å². The van der Waals surface area contributed by atoms with Crippen molar-refractivity contribution < 1.29 is 13.2 Å². The van der Waals surface area contributed by atoms with E-state index in [4.69, 9.17) is 11.6 Å². The third kappa shape index (κ3) is 4.25. The number of carbonyl (C=O) groups excluding carboxylic acids is 1. The number of likely N-dealkylation sites (tertiary alicyclic amines) is 1. The molecular weight excluding hydrogens is 394 g/mol. The van der Waals surface area contributed by atoms with Gasteiger partial charge in [0, 0.05) is 38.3 Å². The van der Waals surface area contributed by atoms with Crippen molar-refractivity contribution in [2.24, 2.45) is 0 Å². The molecule has 3 heterocycles. The van der Waals surface area contributed by atoms with E-state index in [2.05, 4.69) is 18.7 Å². The molecular formula is C17H26ClN3O3S2. The third-order valence-electron chi connectivity index (χ3n) is 5.31. The zero-order valence-corrected chi connectivity index (χ0v) is 17.6. The van der Waals surface area contributed by atoms with Crippen molar-refractivity contribution in [3.63, 3.8) is 0 Å². The van der Waals surface area contributed by atoms with E-state index in [0.717, 1.165) is 24.2 Å². The van der Waals surface area contributed by atoms with Crippen LogP contribution in [-0.4, -0.2) is 73.2 Å². The molecule has 0 N–H and O–H groups in total. The van der Waals surface area contributed by atoms with Gasteiger partial charge in [-0.1, -0.05) is 11.6 Å². The predicted molar refractivity (Wildman–Crippen MR) is 104 cm³/mol. The molecule has 1 aromatic rings. The topological polar surface area (TPSA) is 60.9 Å². The van der Waals surface area contributed by atoms with Crippen LogP contribution in [0.4, 0.5) is 0 Å². The highest BCUT2D eigenvalue weighted by molar-refractivity contribution is 7.91. The van der Waals surface area contributed by atoms with Crippen molar-refractivity contribution in [3.8, 4) is 0 Å². The van der Waals surface area contributed by atoms with E-state index < -0.39 is 10.0 Å². The maximum atomic E-state index is 12.7. The molecule has 2 atom stereocenters. The molecule has 2 aliphatic rings. The van der Waals surface area contributed by atoms with Gasteiger partial charge in [0.2, 0.25) is 5.91 Å². The minimum Gasteiger partial charge on any atom is -0.336 e. The van der Waals surface area contributed by atoms with E-state index >= 15 is 0 Å². The minimum atomic E-state index is -3.49. The fourth-order valence-electron chi connectivity index (χ4n) is 3.88. The van der Waals surface area contributed by atoms with Crippen LogP contribution in [0.2, 0.25) is 4.34 Å². The van der Waals surface area contributed by atoms with Gasteiger partial charge in [0.25, 0.3) is 10.0 Å². The van der Waals surface area contributed by atoms with E-state index in [1.165, 1.54) is 10.7 Å². The number of thiophene rings is 1. The molecule has 2 saturated heterocycles. The number of hydrogen-bond donors (Lipinski definition) is 0. The fourth-order valence-corrected chi connectivity index (χ4v) is 6.94. The molecule has 146 valence electrons. The normalized spacial score (nSPS) is 26.2. The number of hydrogen-bond acceptors (Lipinski definition) is 5. The highest BCUT2D eigenvalue weighted by atomic mass is 35.5. The van der Waals surface area contributed by atoms with E-state index in [-0.39, 0.29) is 22.2 Å². The number of piperazine rings is 1. The van der Waals surface area contributed by atoms with Gasteiger partial charge in [0.1, 0.15) is 4.21 Å². The molecule has 0 unspecified atom stereocenters. The van der Waals surface area contributed by atoms with Crippen LogP contribution in [0.15, 0.2) is 16.3 Å². The van der Waals surface area contributed by atoms with Gasteiger partial charge in [-0.25, -0.2) is 8.42 Å². The van der Waals surface area contributed by atoms with Crippen molar-refractivity contribution >= 4 is 38.9 Å². The summed E-state index contributed by atoms with van der Waals surface area (Å²) < 4.78 is 27.5. The van der Waals surface area contributed by atoms with Gasteiger partial charge in [0.05, 0.1) is 10.9 Å². The molecule has 3 rings (SSSR count). The van der Waals surface area contributed by atoms with Gasteiger partial charge < -0.3 is 4.90 Å². The second-order valence-corrected chi connectivity index (χ2v) is 11.0. The van der Waals surface area contributed by atoms with Gasteiger partial charge in [-0.15, -0.1) is 11.3 Å². The second-order valence-electron chi connectivity index (χ2n) is 7.17. The van der Waals surface area contributed by atoms with Crippen molar-refractivity contribution in [3.05, 3.63) is 16.5 Å². The lowest BCUT2D eigenvalue weighted by Gasteiger charge is -2.41. The zero-order chi connectivity index (χ0) is 18.9. The van der Waals surface area contributed by atoms with Crippen LogP contribution in [0.3, 0.4) is 0 Å². The largest absolute Gasteiger partial charge is 0.336 e. The lowest BCUT2D eigenvalue weighted by atomic mass is 9.97. The van der Waals surface area contributed by atoms with Crippen molar-refractivity contribution in [2.75, 3.05) is 32.7 Å². The number of sulfonamides is 1. The van der Waals surface area contributed by atoms with Crippen LogP contribution in [0.25, 0.3) is 0 Å². The first-order chi connectivity index (χ1) is 12.3. The van der Waals surface area contributed by atoms with Gasteiger partial charge in [0.15, 0.2) is 0 Å². The van der Waals surface area contributed by atoms with Gasteiger partial charge in [-0.2, -0.15) is 4.31 Å². The fraction of sp³-hybridized carbons (Fsp3) is 0.706. The molecule has 0 radical (unpaired) electrons. The highest BCUT2D eigenvalue weighted by Gasteiger charge is 2.33. The Morgan fingerprint density at radius 2 is 1.77 bits per heavy atom. The molecule has 9 heteroatoms. The van der Waals surface area contributed by atoms with Gasteiger partial charge in [-0.3, -0.25) is 9.69 Å². The van der Waals surface area contributed by atoms with Gasteiger partial charge >= 0.3 is 0 Å². The second kappa shape index (κ2) is 8.14. The standard InChI is InChI=1S/C17H26ClN3O3S2/c1-13-4-3-5-14(2)21(13)16(22)12-19-8-10-20(11-9-19)26(23,24)17-7-6-15(18)25-17/h6-7,13-14H,3-5,8-12H2,1-2H3/t13-,14-/m0/s1. The summed E-state index contributed by atoms with van der Waals surface area (Å²) in [5, 5.41) is 0. The average Bonchev–Trinajstić information content (AvgIpc) is 3.02. The Kier molecular flexibility index (Phi) is 6.29. The lowest BCUT2D eigenvalue weighted by molar-refractivity contribution is -0.138. The van der Waals surface area contributed by atoms with E-state index in [9.17, 15) is 13.2 Å². The first kappa shape index (κ1) is 20.1. The van der Waals surface area contributed by atoms with Crippen LogP contribution in [-0.2, 0) is 14.8 Å². The first-order valence-corrected chi connectivity index (χ1v) is 11.7. The zero-order valence-electron chi connectivity index (χ0n) is 15.2. The van der Waals surface area contributed by atoms with Crippen molar-refractivity contribution in [1.82, 2.24) is 14.1 Å². The SMILES string of the molecule is C[C@H]1CCC[C@H](C)N1C(=O)CN1CCN(S(=O)(=O)c2ccc(Cl)s2)CC1. The van der Waals surface area contributed by atoms with Crippen molar-refractivity contribution in [1.29, 1.82) is 0 Å². The van der Waals surface area contributed by atoms with Crippen molar-refractivity contribution in [2.45, 2.75) is 49.4 Å². The minimum absolute atomic E-state index is 0.158. The predicted octanol–water partition coefficient (Wildman–Crippen LogP) is 2.50. The monoisotopic (exact) mass is 419 g/mol. The average molecular weight is 420 g/mol. The Hall–Kier alpha value is -0.670. The smallest absolute Gasteiger partial charge is 0.252 e. The number of piperidine rings is 1. The quantitative estimate of drug-likeness (QED) is 0.752. The van der Waals surface area contributed by atoms with E-state index in [0.29, 0.717) is 37.1 Å². The Balaban J connectivity index is 1.56. The highest BCUT2D eigenvalue weighted by Crippen LogP contribution is 2.28. The number of carbonyl (C=O) groups is 1. The van der Waals surface area contributed by atoms with E-state index in [1.54, 1.807) is 12.1 Å². The van der Waals surface area contributed by atoms with Crippen LogP contribution in [0.1, 0.15) is 33.1 Å². The third-order valence-corrected chi connectivity index (χ3v) is 8.91. The Morgan fingerprint density at radius 1 is 1.15 bits per heavy atom. The van der Waals surface area contributed by atoms with Crippen LogP contribution < -0.4 is 0 Å². The van der Waals surface area contributed by atoms with E-state index in [1.807, 2.05) is 4.90 Å². The molecule has 0 bridgehead atoms. The summed E-state index contributed by atoms with van der Waals surface area (Å²) in [5.74, 6) is 0.158. The summed E-state index contributed by atoms with van der Waals surface area (Å²) in [4.78, 5) is 16.8. The summed E-state index contributed by atoms with van der Waals surface area (Å²) >= 11 is 6.95. The van der Waals surface area contributed by atoms with Crippen LogP contribution in [0, 0.1) is 0 Å². The molecule has 0 saturated carbocycles. The Bertz CT molecular complexity index is 734.